The largest absolute Gasteiger partial charge is 0.458 e. The summed E-state index contributed by atoms with van der Waals surface area (Å²) in [7, 11) is 0. The van der Waals surface area contributed by atoms with Gasteiger partial charge >= 0.3 is 5.97 Å². The molecule has 1 amide bonds. The Morgan fingerprint density at radius 3 is 2.50 bits per heavy atom. The number of β-lactam (4-membered cyclic amide) rings is 1. The van der Waals surface area contributed by atoms with E-state index in [-0.39, 0.29) is 5.91 Å². The van der Waals surface area contributed by atoms with Gasteiger partial charge in [0.2, 0.25) is 5.91 Å². The molecule has 1 saturated heterocycles. The lowest BCUT2D eigenvalue weighted by molar-refractivity contribution is -0.165. The van der Waals surface area contributed by atoms with Gasteiger partial charge in [0, 0.05) is 0 Å². The summed E-state index contributed by atoms with van der Waals surface area (Å²) in [5.41, 5.74) is -0.525. The second kappa shape index (κ2) is 3.44. The summed E-state index contributed by atoms with van der Waals surface area (Å²) in [5.74, 6) is -1.01. The molecule has 78 valence electrons. The molecule has 0 bridgehead atoms. The van der Waals surface area contributed by atoms with Gasteiger partial charge in [0.25, 0.3) is 0 Å². The van der Waals surface area contributed by atoms with Gasteiger partial charge in [-0.2, -0.15) is 0 Å². The number of carbonyl (C=O) groups is 2. The van der Waals surface area contributed by atoms with Crippen molar-refractivity contribution in [2.75, 3.05) is 0 Å². The van der Waals surface area contributed by atoms with Crippen LogP contribution >= 0.6 is 0 Å². The maximum atomic E-state index is 11.5. The van der Waals surface area contributed by atoms with Crippen molar-refractivity contribution < 1.29 is 14.3 Å². The van der Waals surface area contributed by atoms with Gasteiger partial charge in [-0.1, -0.05) is 6.08 Å². The fraction of sp³-hybridized carbons (Fsp3) is 0.600. The summed E-state index contributed by atoms with van der Waals surface area (Å²) in [6.45, 7) is 8.85. The Bertz CT molecular complexity index is 278. The summed E-state index contributed by atoms with van der Waals surface area (Å²) >= 11 is 0. The van der Waals surface area contributed by atoms with Crippen LogP contribution in [-0.2, 0) is 14.3 Å². The molecule has 0 unspecified atom stereocenters. The predicted molar refractivity (Wildman–Crippen MR) is 51.5 cm³/mol. The highest BCUT2D eigenvalue weighted by molar-refractivity contribution is 5.98. The van der Waals surface area contributed by atoms with E-state index in [2.05, 4.69) is 11.9 Å². The monoisotopic (exact) mass is 197 g/mol. The molecule has 0 aromatic carbocycles. The van der Waals surface area contributed by atoms with Crippen molar-refractivity contribution in [3.05, 3.63) is 12.7 Å². The Labute approximate surface area is 83.3 Å². The Hall–Kier alpha value is -1.32. The molecule has 1 fully saturated rings. The van der Waals surface area contributed by atoms with Crippen LogP contribution in [0.5, 0.6) is 0 Å². The van der Waals surface area contributed by atoms with Gasteiger partial charge in [0.15, 0.2) is 0 Å². The van der Waals surface area contributed by atoms with Crippen LogP contribution in [-0.4, -0.2) is 23.5 Å². The first-order valence-electron chi connectivity index (χ1n) is 4.51. The normalized spacial score (nSPS) is 26.1. The lowest BCUT2D eigenvalue weighted by Gasteiger charge is -2.34. The first kappa shape index (κ1) is 10.8. The third-order valence-corrected chi connectivity index (χ3v) is 1.87. The number of nitrogens with one attached hydrogen (secondary N) is 1. The van der Waals surface area contributed by atoms with Crippen LogP contribution in [0, 0.1) is 5.92 Å². The van der Waals surface area contributed by atoms with Gasteiger partial charge in [-0.25, -0.2) is 4.79 Å². The molecule has 1 aliphatic rings. The van der Waals surface area contributed by atoms with Gasteiger partial charge in [0.05, 0.1) is 5.92 Å². The number of esters is 1. The van der Waals surface area contributed by atoms with Gasteiger partial charge in [-0.3, -0.25) is 4.79 Å². The zero-order valence-corrected chi connectivity index (χ0v) is 8.66. The van der Waals surface area contributed by atoms with E-state index in [1.165, 1.54) is 6.08 Å². The molecule has 1 aliphatic heterocycles. The first-order chi connectivity index (χ1) is 6.35. The van der Waals surface area contributed by atoms with Crippen molar-refractivity contribution in [2.45, 2.75) is 32.4 Å². The zero-order valence-electron chi connectivity index (χ0n) is 8.66. The maximum Gasteiger partial charge on any atom is 0.330 e. The fourth-order valence-corrected chi connectivity index (χ4v) is 1.21. The number of rotatable bonds is 2. The topological polar surface area (TPSA) is 55.4 Å². The van der Waals surface area contributed by atoms with Crippen molar-refractivity contribution >= 4 is 11.9 Å². The molecule has 1 N–H and O–H groups in total. The van der Waals surface area contributed by atoms with Crippen molar-refractivity contribution in [1.29, 1.82) is 0 Å². The molecule has 1 heterocycles. The van der Waals surface area contributed by atoms with E-state index in [1.807, 2.05) is 0 Å². The molecule has 0 aromatic rings. The van der Waals surface area contributed by atoms with Crippen molar-refractivity contribution in [3.63, 3.8) is 0 Å². The van der Waals surface area contributed by atoms with Gasteiger partial charge in [-0.05, 0) is 20.8 Å². The summed E-state index contributed by atoms with van der Waals surface area (Å²) < 4.78 is 5.12. The van der Waals surface area contributed by atoms with Crippen molar-refractivity contribution in [3.8, 4) is 0 Å². The number of amides is 1. The van der Waals surface area contributed by atoms with E-state index in [0.717, 1.165) is 0 Å². The van der Waals surface area contributed by atoms with Crippen LogP contribution in [0.4, 0.5) is 0 Å². The molecule has 0 saturated carbocycles. The average Bonchev–Trinajstić information content (AvgIpc) is 1.97. The highest BCUT2D eigenvalue weighted by Gasteiger charge is 2.44. The minimum Gasteiger partial charge on any atom is -0.458 e. The molecule has 0 aliphatic carbocycles. The second-order valence-corrected chi connectivity index (χ2v) is 4.28. The number of ether oxygens (including phenoxy) is 1. The molecule has 4 heteroatoms. The van der Waals surface area contributed by atoms with E-state index in [9.17, 15) is 9.59 Å². The Morgan fingerprint density at radius 2 is 2.14 bits per heavy atom. The van der Waals surface area contributed by atoms with Crippen molar-refractivity contribution in [2.24, 2.45) is 5.92 Å². The standard InChI is InChI=1S/C10H15NO3/c1-5-6-7(11-8(6)12)9(13)14-10(2,3)4/h5-7H,1H2,2-4H3,(H,11,12)/t6-,7-/m0/s1. The third kappa shape index (κ3) is 2.13. The van der Waals surface area contributed by atoms with Gasteiger partial charge in [0.1, 0.15) is 11.6 Å². The smallest absolute Gasteiger partial charge is 0.330 e. The van der Waals surface area contributed by atoms with Crippen LogP contribution in [0.3, 0.4) is 0 Å². The predicted octanol–water partition coefficient (Wildman–Crippen LogP) is 0.629. The van der Waals surface area contributed by atoms with E-state index in [0.29, 0.717) is 0 Å². The quantitative estimate of drug-likeness (QED) is 0.401. The minimum absolute atomic E-state index is 0.171. The number of hydrogen-bond donors (Lipinski definition) is 1. The average molecular weight is 197 g/mol. The van der Waals surface area contributed by atoms with Crippen LogP contribution in [0.1, 0.15) is 20.8 Å². The highest BCUT2D eigenvalue weighted by atomic mass is 16.6. The number of carbonyl (C=O) groups excluding carboxylic acids is 2. The van der Waals surface area contributed by atoms with E-state index in [4.69, 9.17) is 4.74 Å². The minimum atomic E-state index is -0.556. The molecule has 2 atom stereocenters. The summed E-state index contributed by atoms with van der Waals surface area (Å²) in [6.07, 6.45) is 1.47. The van der Waals surface area contributed by atoms with Crippen LogP contribution in [0.25, 0.3) is 0 Å². The molecule has 1 rings (SSSR count). The lowest BCUT2D eigenvalue weighted by atomic mass is 9.90. The third-order valence-electron chi connectivity index (χ3n) is 1.87. The van der Waals surface area contributed by atoms with Crippen LogP contribution in [0.2, 0.25) is 0 Å². The van der Waals surface area contributed by atoms with Crippen LogP contribution in [0.15, 0.2) is 12.7 Å². The first-order valence-corrected chi connectivity index (χ1v) is 4.51. The summed E-state index contributed by atoms with van der Waals surface area (Å²) in [6, 6.07) is -0.556. The Balaban J connectivity index is 2.55. The Kier molecular flexibility index (Phi) is 2.64. The molecule has 0 radical (unpaired) electrons. The van der Waals surface area contributed by atoms with Crippen LogP contribution < -0.4 is 5.32 Å². The van der Waals surface area contributed by atoms with E-state index in [1.54, 1.807) is 20.8 Å². The van der Waals surface area contributed by atoms with Crippen molar-refractivity contribution in [1.82, 2.24) is 5.32 Å². The number of hydrogen-bond acceptors (Lipinski definition) is 3. The molecule has 4 nitrogen and oxygen atoms in total. The summed E-state index contributed by atoms with van der Waals surface area (Å²) in [5, 5.41) is 2.48. The molecule has 0 spiro atoms. The summed E-state index contributed by atoms with van der Waals surface area (Å²) in [4.78, 5) is 22.4. The highest BCUT2D eigenvalue weighted by Crippen LogP contribution is 2.19. The lowest BCUT2D eigenvalue weighted by Crippen LogP contribution is -2.62. The molecule has 0 aromatic heterocycles. The van der Waals surface area contributed by atoms with E-state index < -0.39 is 23.5 Å². The van der Waals surface area contributed by atoms with Gasteiger partial charge < -0.3 is 10.1 Å². The molecular weight excluding hydrogens is 182 g/mol. The fourth-order valence-electron chi connectivity index (χ4n) is 1.21. The maximum absolute atomic E-state index is 11.5. The Morgan fingerprint density at radius 1 is 1.57 bits per heavy atom. The van der Waals surface area contributed by atoms with E-state index >= 15 is 0 Å². The SMILES string of the molecule is C=C[C@@H]1C(=O)N[C@@H]1C(=O)OC(C)(C)C. The van der Waals surface area contributed by atoms with Gasteiger partial charge in [-0.15, -0.1) is 6.58 Å². The second-order valence-electron chi connectivity index (χ2n) is 4.28. The molecule has 14 heavy (non-hydrogen) atoms. The molecular formula is C10H15NO3. The zero-order chi connectivity index (χ0) is 10.9.